The van der Waals surface area contributed by atoms with Gasteiger partial charge in [0.2, 0.25) is 0 Å². The molecule has 2 aromatic heterocycles. The van der Waals surface area contributed by atoms with E-state index in [1.807, 2.05) is 0 Å². The Balaban J connectivity index is 2.26. The van der Waals surface area contributed by atoms with Crippen LogP contribution in [-0.4, -0.2) is 34.6 Å². The summed E-state index contributed by atoms with van der Waals surface area (Å²) in [7, 11) is 0. The van der Waals surface area contributed by atoms with E-state index in [-0.39, 0.29) is 21.6 Å². The summed E-state index contributed by atoms with van der Waals surface area (Å²) < 4.78 is 38.5. The SMILES string of the molecule is NC(CNC(=O)c1cc2nccc(C(F)(F)F)c2s1)C(=O)O. The molecule has 0 aliphatic heterocycles. The van der Waals surface area contributed by atoms with Gasteiger partial charge >= 0.3 is 12.1 Å². The van der Waals surface area contributed by atoms with Crippen LogP contribution in [0.15, 0.2) is 18.3 Å². The minimum absolute atomic E-state index is 0.00297. The van der Waals surface area contributed by atoms with E-state index in [1.165, 1.54) is 6.07 Å². The number of amides is 1. The second-order valence-corrected chi connectivity index (χ2v) is 5.39. The van der Waals surface area contributed by atoms with E-state index in [0.29, 0.717) is 11.3 Å². The first-order valence-electron chi connectivity index (χ1n) is 5.92. The highest BCUT2D eigenvalue weighted by atomic mass is 32.1. The number of halogens is 3. The van der Waals surface area contributed by atoms with E-state index in [2.05, 4.69) is 10.3 Å². The van der Waals surface area contributed by atoms with Crippen molar-refractivity contribution in [2.24, 2.45) is 5.73 Å². The van der Waals surface area contributed by atoms with Gasteiger partial charge in [-0.05, 0) is 12.1 Å². The third kappa shape index (κ3) is 3.34. The third-order valence-corrected chi connectivity index (χ3v) is 3.90. The lowest BCUT2D eigenvalue weighted by molar-refractivity contribution is -0.138. The molecule has 1 amide bonds. The summed E-state index contributed by atoms with van der Waals surface area (Å²) in [5, 5.41) is 10.9. The summed E-state index contributed by atoms with van der Waals surface area (Å²) in [4.78, 5) is 26.2. The molecular weight excluding hydrogens is 323 g/mol. The fourth-order valence-corrected chi connectivity index (χ4v) is 2.72. The molecule has 2 heterocycles. The lowest BCUT2D eigenvalue weighted by Gasteiger charge is -2.07. The van der Waals surface area contributed by atoms with Crippen molar-refractivity contribution >= 4 is 33.4 Å². The zero-order valence-electron chi connectivity index (χ0n) is 10.8. The first-order chi connectivity index (χ1) is 10.2. The van der Waals surface area contributed by atoms with E-state index in [9.17, 15) is 22.8 Å². The monoisotopic (exact) mass is 333 g/mol. The smallest absolute Gasteiger partial charge is 0.417 e. The fraction of sp³-hybridized carbons (Fsp3) is 0.250. The molecule has 0 fully saturated rings. The number of fused-ring (bicyclic) bond motifs is 1. The van der Waals surface area contributed by atoms with Crippen LogP contribution in [0.2, 0.25) is 0 Å². The van der Waals surface area contributed by atoms with Gasteiger partial charge in [-0.3, -0.25) is 14.6 Å². The Bertz CT molecular complexity index is 729. The number of hydrogen-bond donors (Lipinski definition) is 3. The minimum Gasteiger partial charge on any atom is -0.480 e. The number of carboxylic acids is 1. The predicted molar refractivity (Wildman–Crippen MR) is 72.6 cm³/mol. The Morgan fingerprint density at radius 2 is 2.14 bits per heavy atom. The zero-order valence-corrected chi connectivity index (χ0v) is 11.7. The number of nitrogens with zero attached hydrogens (tertiary/aromatic N) is 1. The van der Waals surface area contributed by atoms with Crippen molar-refractivity contribution in [3.63, 3.8) is 0 Å². The molecule has 0 aliphatic carbocycles. The number of alkyl halides is 3. The van der Waals surface area contributed by atoms with Gasteiger partial charge in [0.05, 0.1) is 20.7 Å². The summed E-state index contributed by atoms with van der Waals surface area (Å²) in [6, 6.07) is 0.764. The summed E-state index contributed by atoms with van der Waals surface area (Å²) in [6.07, 6.45) is -3.54. The molecule has 2 rings (SSSR count). The molecule has 1 atom stereocenters. The molecule has 10 heteroatoms. The first kappa shape index (κ1) is 16.2. The Morgan fingerprint density at radius 3 is 2.73 bits per heavy atom. The van der Waals surface area contributed by atoms with Crippen molar-refractivity contribution in [1.82, 2.24) is 10.3 Å². The van der Waals surface area contributed by atoms with Crippen LogP contribution in [0.3, 0.4) is 0 Å². The first-order valence-corrected chi connectivity index (χ1v) is 6.74. The van der Waals surface area contributed by atoms with E-state index in [0.717, 1.165) is 12.3 Å². The van der Waals surface area contributed by atoms with Crippen molar-refractivity contribution in [3.8, 4) is 0 Å². The fourth-order valence-electron chi connectivity index (χ4n) is 1.65. The molecule has 1 unspecified atom stereocenters. The van der Waals surface area contributed by atoms with Gasteiger partial charge in [0.15, 0.2) is 0 Å². The highest BCUT2D eigenvalue weighted by molar-refractivity contribution is 7.21. The molecule has 0 radical (unpaired) electrons. The van der Waals surface area contributed by atoms with Gasteiger partial charge < -0.3 is 16.2 Å². The molecule has 118 valence electrons. The number of hydrogen-bond acceptors (Lipinski definition) is 5. The van der Waals surface area contributed by atoms with E-state index < -0.39 is 29.7 Å². The number of carbonyl (C=O) groups excluding carboxylic acids is 1. The summed E-state index contributed by atoms with van der Waals surface area (Å²) in [6.45, 7) is -0.331. The minimum atomic E-state index is -4.55. The van der Waals surface area contributed by atoms with E-state index in [1.54, 1.807) is 0 Å². The summed E-state index contributed by atoms with van der Waals surface area (Å²) >= 11 is 0.636. The zero-order chi connectivity index (χ0) is 16.5. The van der Waals surface area contributed by atoms with Gasteiger partial charge in [-0.15, -0.1) is 11.3 Å². The molecular formula is C12H10F3N3O3S. The van der Waals surface area contributed by atoms with E-state index >= 15 is 0 Å². The molecule has 0 saturated heterocycles. The van der Waals surface area contributed by atoms with Gasteiger partial charge in [0.1, 0.15) is 6.04 Å². The Labute approximate surface area is 125 Å². The van der Waals surface area contributed by atoms with Crippen molar-refractivity contribution < 1.29 is 27.9 Å². The number of aliphatic carboxylic acids is 1. The lowest BCUT2D eigenvalue weighted by atomic mass is 10.2. The molecule has 6 nitrogen and oxygen atoms in total. The highest BCUT2D eigenvalue weighted by Gasteiger charge is 2.33. The average molecular weight is 333 g/mol. The largest absolute Gasteiger partial charge is 0.480 e. The van der Waals surface area contributed by atoms with E-state index in [4.69, 9.17) is 10.8 Å². The maximum Gasteiger partial charge on any atom is 0.417 e. The molecule has 22 heavy (non-hydrogen) atoms. The predicted octanol–water partition coefficient (Wildman–Crippen LogP) is 1.46. The third-order valence-electron chi connectivity index (χ3n) is 2.74. The van der Waals surface area contributed by atoms with Gasteiger partial charge in [-0.1, -0.05) is 0 Å². The Kier molecular flexibility index (Phi) is 4.33. The normalized spacial score (nSPS) is 13.1. The number of aromatic nitrogens is 1. The molecule has 0 saturated carbocycles. The Hall–Kier alpha value is -2.20. The molecule has 0 aliphatic rings. The van der Waals surface area contributed by atoms with Crippen LogP contribution in [0.5, 0.6) is 0 Å². The topological polar surface area (TPSA) is 105 Å². The van der Waals surface area contributed by atoms with Crippen LogP contribution in [0.25, 0.3) is 10.2 Å². The maximum atomic E-state index is 12.9. The van der Waals surface area contributed by atoms with Crippen molar-refractivity contribution in [2.75, 3.05) is 6.54 Å². The van der Waals surface area contributed by atoms with Crippen LogP contribution >= 0.6 is 11.3 Å². The van der Waals surface area contributed by atoms with Crippen molar-refractivity contribution in [2.45, 2.75) is 12.2 Å². The van der Waals surface area contributed by atoms with Gasteiger partial charge in [-0.25, -0.2) is 0 Å². The highest BCUT2D eigenvalue weighted by Crippen LogP contribution is 2.37. The standard InChI is InChI=1S/C12H10F3N3O3S/c13-12(14,15)5-1-2-17-7-3-8(22-9(5)7)10(19)18-4-6(16)11(20)21/h1-3,6H,4,16H2,(H,18,19)(H,20,21). The van der Waals surface area contributed by atoms with Gasteiger partial charge in [0, 0.05) is 12.7 Å². The number of rotatable bonds is 4. The quantitative estimate of drug-likeness (QED) is 0.785. The number of carbonyl (C=O) groups is 2. The van der Waals surface area contributed by atoms with Crippen LogP contribution < -0.4 is 11.1 Å². The molecule has 0 bridgehead atoms. The van der Waals surface area contributed by atoms with Gasteiger partial charge in [0.25, 0.3) is 5.91 Å². The molecule has 0 aromatic carbocycles. The second kappa shape index (κ2) is 5.89. The maximum absolute atomic E-state index is 12.9. The van der Waals surface area contributed by atoms with Gasteiger partial charge in [-0.2, -0.15) is 13.2 Å². The lowest BCUT2D eigenvalue weighted by Crippen LogP contribution is -2.42. The number of nitrogens with one attached hydrogen (secondary N) is 1. The number of nitrogens with two attached hydrogens (primary N) is 1. The molecule has 0 spiro atoms. The van der Waals surface area contributed by atoms with Crippen molar-refractivity contribution in [3.05, 3.63) is 28.8 Å². The van der Waals surface area contributed by atoms with Crippen molar-refractivity contribution in [1.29, 1.82) is 0 Å². The summed E-state index contributed by atoms with van der Waals surface area (Å²) in [5.41, 5.74) is 4.40. The molecule has 2 aromatic rings. The van der Waals surface area contributed by atoms with Crippen LogP contribution in [-0.2, 0) is 11.0 Å². The Morgan fingerprint density at radius 1 is 1.45 bits per heavy atom. The number of carboxylic acid groups (broad SMARTS) is 1. The number of thiophene rings is 1. The molecule has 4 N–H and O–H groups in total. The summed E-state index contributed by atoms with van der Waals surface area (Å²) in [5.74, 6) is -1.99. The second-order valence-electron chi connectivity index (χ2n) is 4.34. The average Bonchev–Trinajstić information content (AvgIpc) is 2.86. The van der Waals surface area contributed by atoms with Crippen LogP contribution in [0, 0.1) is 0 Å². The van der Waals surface area contributed by atoms with Crippen LogP contribution in [0.1, 0.15) is 15.2 Å². The van der Waals surface area contributed by atoms with Crippen LogP contribution in [0.4, 0.5) is 13.2 Å². The number of pyridine rings is 1.